The molecule has 5 nitrogen and oxygen atoms in total. The van der Waals surface area contributed by atoms with Crippen molar-refractivity contribution in [2.45, 2.75) is 32.2 Å². The van der Waals surface area contributed by atoms with Gasteiger partial charge in [0, 0.05) is 23.7 Å². The minimum absolute atomic E-state index is 0.251. The van der Waals surface area contributed by atoms with Crippen LogP contribution in [0.1, 0.15) is 37.0 Å². The van der Waals surface area contributed by atoms with Gasteiger partial charge in [0.25, 0.3) is 5.91 Å². The molecule has 104 valence electrons. The smallest absolute Gasteiger partial charge is 0.305 e. The van der Waals surface area contributed by atoms with Gasteiger partial charge in [-0.25, -0.2) is 4.98 Å². The molecule has 1 aromatic rings. The van der Waals surface area contributed by atoms with Crippen LogP contribution in [0.3, 0.4) is 0 Å². The van der Waals surface area contributed by atoms with E-state index in [4.69, 9.17) is 11.6 Å². The summed E-state index contributed by atoms with van der Waals surface area (Å²) in [5.41, 5.74) is -0.0766. The van der Waals surface area contributed by atoms with Crippen LogP contribution in [0.2, 0.25) is 5.15 Å². The summed E-state index contributed by atoms with van der Waals surface area (Å²) >= 11 is 5.73. The molecule has 6 heteroatoms. The highest BCUT2D eigenvalue weighted by molar-refractivity contribution is 6.29. The molecule has 1 aromatic heterocycles. The maximum atomic E-state index is 12.0. The number of ether oxygens (including phenoxy) is 1. The number of pyridine rings is 1. The standard InChI is InChI=1S/C13H17ClN2O3/c1-13(2,6-4-11(17)19-3)16-12(18)9-5-7-15-10(14)8-9/h5,7-8H,4,6H2,1-3H3,(H,16,18). The second kappa shape index (κ2) is 6.52. The summed E-state index contributed by atoms with van der Waals surface area (Å²) in [6.07, 6.45) is 2.21. The molecule has 0 aromatic carbocycles. The lowest BCUT2D eigenvalue weighted by Crippen LogP contribution is -2.43. The summed E-state index contributed by atoms with van der Waals surface area (Å²) < 4.78 is 4.57. The predicted octanol–water partition coefficient (Wildman–Crippen LogP) is 2.20. The van der Waals surface area contributed by atoms with E-state index in [0.29, 0.717) is 12.0 Å². The molecule has 1 heterocycles. The molecule has 0 spiro atoms. The van der Waals surface area contributed by atoms with Crippen molar-refractivity contribution in [1.29, 1.82) is 0 Å². The van der Waals surface area contributed by atoms with Gasteiger partial charge in [0.05, 0.1) is 7.11 Å². The van der Waals surface area contributed by atoms with E-state index in [2.05, 4.69) is 15.0 Å². The molecule has 0 unspecified atom stereocenters. The molecule has 0 saturated heterocycles. The number of hydrogen-bond donors (Lipinski definition) is 1. The monoisotopic (exact) mass is 284 g/mol. The SMILES string of the molecule is COC(=O)CCC(C)(C)NC(=O)c1ccnc(Cl)c1. The first kappa shape index (κ1) is 15.4. The average Bonchev–Trinajstić information content (AvgIpc) is 2.35. The van der Waals surface area contributed by atoms with Crippen LogP contribution >= 0.6 is 11.6 Å². The third kappa shape index (κ3) is 5.26. The molecule has 0 saturated carbocycles. The Morgan fingerprint density at radius 2 is 2.16 bits per heavy atom. The molecule has 0 aliphatic rings. The van der Waals surface area contributed by atoms with Crippen molar-refractivity contribution in [2.24, 2.45) is 0 Å². The Bertz CT molecular complexity index is 475. The molecule has 0 bridgehead atoms. The Morgan fingerprint density at radius 1 is 1.47 bits per heavy atom. The van der Waals surface area contributed by atoms with Gasteiger partial charge in [0.1, 0.15) is 5.15 Å². The number of carbonyl (C=O) groups excluding carboxylic acids is 2. The molecule has 0 aliphatic carbocycles. The normalized spacial score (nSPS) is 10.9. The van der Waals surface area contributed by atoms with Crippen LogP contribution < -0.4 is 5.32 Å². The number of rotatable bonds is 5. The maximum Gasteiger partial charge on any atom is 0.305 e. The van der Waals surface area contributed by atoms with E-state index in [0.717, 1.165) is 0 Å². The van der Waals surface area contributed by atoms with Crippen LogP contribution in [0.5, 0.6) is 0 Å². The van der Waals surface area contributed by atoms with Crippen LogP contribution in [0.25, 0.3) is 0 Å². The second-order valence-corrected chi connectivity index (χ2v) is 5.17. The second-order valence-electron chi connectivity index (χ2n) is 4.78. The molecular formula is C13H17ClN2O3. The van der Waals surface area contributed by atoms with Crippen molar-refractivity contribution >= 4 is 23.5 Å². The fourth-order valence-electron chi connectivity index (χ4n) is 1.50. The Labute approximate surface area is 117 Å². The number of methoxy groups -OCH3 is 1. The number of nitrogens with one attached hydrogen (secondary N) is 1. The molecule has 0 aliphatic heterocycles. The Morgan fingerprint density at radius 3 is 2.74 bits per heavy atom. The van der Waals surface area contributed by atoms with Crippen LogP contribution in [0.4, 0.5) is 0 Å². The highest BCUT2D eigenvalue weighted by Gasteiger charge is 2.22. The third-order valence-corrected chi connectivity index (χ3v) is 2.83. The number of halogens is 1. The van der Waals surface area contributed by atoms with Gasteiger partial charge in [-0.3, -0.25) is 9.59 Å². The number of aromatic nitrogens is 1. The van der Waals surface area contributed by atoms with Gasteiger partial charge in [-0.2, -0.15) is 0 Å². The summed E-state index contributed by atoms with van der Waals surface area (Å²) in [5.74, 6) is -0.548. The van der Waals surface area contributed by atoms with E-state index < -0.39 is 5.54 Å². The summed E-state index contributed by atoms with van der Waals surface area (Å²) in [5, 5.41) is 3.11. The lowest BCUT2D eigenvalue weighted by atomic mass is 9.98. The zero-order chi connectivity index (χ0) is 14.5. The molecule has 1 N–H and O–H groups in total. The van der Waals surface area contributed by atoms with E-state index in [1.807, 2.05) is 13.8 Å². The summed E-state index contributed by atoms with van der Waals surface area (Å²) in [6.45, 7) is 3.69. The van der Waals surface area contributed by atoms with Crippen LogP contribution in [0, 0.1) is 0 Å². The fraction of sp³-hybridized carbons (Fsp3) is 0.462. The third-order valence-electron chi connectivity index (χ3n) is 2.62. The molecule has 1 amide bonds. The molecular weight excluding hydrogens is 268 g/mol. The number of hydrogen-bond acceptors (Lipinski definition) is 4. The van der Waals surface area contributed by atoms with Crippen molar-refractivity contribution in [3.63, 3.8) is 0 Å². The first-order chi connectivity index (χ1) is 8.84. The van der Waals surface area contributed by atoms with E-state index in [1.165, 1.54) is 19.4 Å². The number of esters is 1. The van der Waals surface area contributed by atoms with Gasteiger partial charge >= 0.3 is 5.97 Å². The van der Waals surface area contributed by atoms with Crippen molar-refractivity contribution in [2.75, 3.05) is 7.11 Å². The van der Waals surface area contributed by atoms with Crippen molar-refractivity contribution < 1.29 is 14.3 Å². The predicted molar refractivity (Wildman–Crippen MR) is 72.0 cm³/mol. The van der Waals surface area contributed by atoms with Crippen molar-refractivity contribution in [3.05, 3.63) is 29.0 Å². The molecule has 0 atom stereocenters. The lowest BCUT2D eigenvalue weighted by Gasteiger charge is -2.25. The van der Waals surface area contributed by atoms with Crippen molar-refractivity contribution in [3.8, 4) is 0 Å². The van der Waals surface area contributed by atoms with E-state index in [9.17, 15) is 9.59 Å². The first-order valence-corrected chi connectivity index (χ1v) is 6.23. The van der Waals surface area contributed by atoms with E-state index >= 15 is 0 Å². The largest absolute Gasteiger partial charge is 0.469 e. The van der Waals surface area contributed by atoms with Crippen molar-refractivity contribution in [1.82, 2.24) is 10.3 Å². The topological polar surface area (TPSA) is 68.3 Å². The van der Waals surface area contributed by atoms with Gasteiger partial charge < -0.3 is 10.1 Å². The Hall–Kier alpha value is -1.62. The molecule has 19 heavy (non-hydrogen) atoms. The Balaban J connectivity index is 2.62. The van der Waals surface area contributed by atoms with E-state index in [1.54, 1.807) is 6.07 Å². The fourth-order valence-corrected chi connectivity index (χ4v) is 1.68. The Kier molecular flexibility index (Phi) is 5.30. The minimum Gasteiger partial charge on any atom is -0.469 e. The molecule has 0 radical (unpaired) electrons. The zero-order valence-electron chi connectivity index (χ0n) is 11.2. The summed E-state index contributed by atoms with van der Waals surface area (Å²) in [6, 6.07) is 3.07. The van der Waals surface area contributed by atoms with Crippen LogP contribution in [-0.2, 0) is 9.53 Å². The lowest BCUT2D eigenvalue weighted by molar-refractivity contribution is -0.141. The minimum atomic E-state index is -0.513. The molecule has 1 rings (SSSR count). The van der Waals surface area contributed by atoms with Crippen LogP contribution in [0.15, 0.2) is 18.3 Å². The van der Waals surface area contributed by atoms with Gasteiger partial charge in [-0.05, 0) is 32.4 Å². The van der Waals surface area contributed by atoms with Crippen LogP contribution in [-0.4, -0.2) is 29.5 Å². The highest BCUT2D eigenvalue weighted by Crippen LogP contribution is 2.14. The average molecular weight is 285 g/mol. The van der Waals surface area contributed by atoms with Gasteiger partial charge in [0.15, 0.2) is 0 Å². The maximum absolute atomic E-state index is 12.0. The summed E-state index contributed by atoms with van der Waals surface area (Å²) in [7, 11) is 1.34. The summed E-state index contributed by atoms with van der Waals surface area (Å²) in [4.78, 5) is 26.9. The van der Waals surface area contributed by atoms with Gasteiger partial charge in [-0.1, -0.05) is 11.6 Å². The number of nitrogens with zero attached hydrogens (tertiary/aromatic N) is 1. The highest BCUT2D eigenvalue weighted by atomic mass is 35.5. The number of amides is 1. The molecule has 0 fully saturated rings. The van der Waals surface area contributed by atoms with Gasteiger partial charge in [0.2, 0.25) is 0 Å². The quantitative estimate of drug-likeness (QED) is 0.665. The number of carbonyl (C=O) groups is 2. The van der Waals surface area contributed by atoms with Gasteiger partial charge in [-0.15, -0.1) is 0 Å². The zero-order valence-corrected chi connectivity index (χ0v) is 12.0. The van der Waals surface area contributed by atoms with E-state index in [-0.39, 0.29) is 23.5 Å². The first-order valence-electron chi connectivity index (χ1n) is 5.85.